The van der Waals surface area contributed by atoms with Gasteiger partial charge >= 0.3 is 5.97 Å². The fraction of sp³-hybridized carbons (Fsp3) is 0.591. The van der Waals surface area contributed by atoms with Gasteiger partial charge in [-0.2, -0.15) is 0 Å². The number of ether oxygens (including phenoxy) is 3. The van der Waals surface area contributed by atoms with Gasteiger partial charge in [0.1, 0.15) is 12.2 Å². The summed E-state index contributed by atoms with van der Waals surface area (Å²) in [6.07, 6.45) is 3.59. The molecule has 1 aromatic carbocycles. The van der Waals surface area contributed by atoms with Gasteiger partial charge in [-0.15, -0.1) is 11.8 Å². The summed E-state index contributed by atoms with van der Waals surface area (Å²) < 4.78 is 17.2. The minimum absolute atomic E-state index is 0.0742. The molecule has 0 radical (unpaired) electrons. The summed E-state index contributed by atoms with van der Waals surface area (Å²) in [4.78, 5) is 12.8. The monoisotopic (exact) mass is 454 g/mol. The summed E-state index contributed by atoms with van der Waals surface area (Å²) >= 11 is 8.23. The number of rotatable bonds is 6. The van der Waals surface area contributed by atoms with Crippen molar-refractivity contribution < 1.29 is 29.2 Å². The highest BCUT2D eigenvalue weighted by Gasteiger charge is 2.49. The predicted molar refractivity (Wildman–Crippen MR) is 114 cm³/mol. The van der Waals surface area contributed by atoms with Crippen LogP contribution in [0, 0.1) is 0 Å². The van der Waals surface area contributed by atoms with E-state index in [2.05, 4.69) is 6.07 Å². The van der Waals surface area contributed by atoms with Crippen molar-refractivity contribution in [1.29, 1.82) is 0 Å². The molecule has 3 aliphatic rings. The van der Waals surface area contributed by atoms with Gasteiger partial charge < -0.3 is 24.4 Å². The fourth-order valence-corrected chi connectivity index (χ4v) is 6.57. The molecule has 1 fully saturated rings. The number of thioether (sulfide) groups is 1. The summed E-state index contributed by atoms with van der Waals surface area (Å²) in [7, 11) is 0. The Balaban J connectivity index is 1.60. The molecule has 0 amide bonds. The van der Waals surface area contributed by atoms with Crippen LogP contribution in [0.5, 0.6) is 0 Å². The number of aryl methyl sites for hydroxylation is 1. The second-order valence-electron chi connectivity index (χ2n) is 7.81. The van der Waals surface area contributed by atoms with Crippen molar-refractivity contribution in [2.45, 2.75) is 61.1 Å². The molecule has 4 rings (SSSR count). The van der Waals surface area contributed by atoms with E-state index in [0.29, 0.717) is 18.4 Å². The van der Waals surface area contributed by atoms with Gasteiger partial charge in [0.05, 0.1) is 25.4 Å². The van der Waals surface area contributed by atoms with Gasteiger partial charge in [-0.1, -0.05) is 23.7 Å². The molecule has 1 heterocycles. The third-order valence-electron chi connectivity index (χ3n) is 5.93. The lowest BCUT2D eigenvalue weighted by atomic mass is 9.94. The first kappa shape index (κ1) is 22.1. The van der Waals surface area contributed by atoms with Gasteiger partial charge in [0, 0.05) is 21.9 Å². The van der Waals surface area contributed by atoms with Crippen molar-refractivity contribution in [3.8, 4) is 0 Å². The smallest absolute Gasteiger partial charge is 0.335 e. The minimum atomic E-state index is -1.12. The number of fused-ring (bicyclic) bond motifs is 1. The number of aliphatic hydroxyl groups is 2. The van der Waals surface area contributed by atoms with E-state index in [1.807, 2.05) is 12.1 Å². The lowest BCUT2D eigenvalue weighted by molar-refractivity contribution is -0.154. The van der Waals surface area contributed by atoms with Gasteiger partial charge in [-0.25, -0.2) is 4.79 Å². The first-order chi connectivity index (χ1) is 14.5. The van der Waals surface area contributed by atoms with E-state index >= 15 is 0 Å². The van der Waals surface area contributed by atoms with E-state index in [9.17, 15) is 15.0 Å². The van der Waals surface area contributed by atoms with Gasteiger partial charge in [0.15, 0.2) is 5.79 Å². The molecule has 2 aliphatic carbocycles. The Morgan fingerprint density at radius 3 is 2.63 bits per heavy atom. The zero-order valence-corrected chi connectivity index (χ0v) is 18.5. The lowest BCUT2D eigenvalue weighted by Crippen LogP contribution is -2.37. The third kappa shape index (κ3) is 4.16. The normalized spacial score (nSPS) is 29.7. The summed E-state index contributed by atoms with van der Waals surface area (Å²) in [6, 6.07) is 6.01. The number of aliphatic hydroxyl groups excluding tert-OH is 2. The second-order valence-corrected chi connectivity index (χ2v) is 9.63. The van der Waals surface area contributed by atoms with E-state index in [-0.39, 0.29) is 36.3 Å². The van der Waals surface area contributed by atoms with Crippen molar-refractivity contribution in [2.24, 2.45) is 0 Å². The number of hydrogen-bond acceptors (Lipinski definition) is 7. The van der Waals surface area contributed by atoms with Crippen LogP contribution in [0.3, 0.4) is 0 Å². The highest BCUT2D eigenvalue weighted by molar-refractivity contribution is 8.00. The second kappa shape index (κ2) is 9.18. The molecule has 6 nitrogen and oxygen atoms in total. The number of benzene rings is 1. The summed E-state index contributed by atoms with van der Waals surface area (Å²) in [6.45, 7) is 1.54. The van der Waals surface area contributed by atoms with Crippen LogP contribution in [-0.4, -0.2) is 59.2 Å². The van der Waals surface area contributed by atoms with Gasteiger partial charge in [-0.3, -0.25) is 0 Å². The summed E-state index contributed by atoms with van der Waals surface area (Å²) in [5.41, 5.74) is 2.96. The zero-order chi connectivity index (χ0) is 21.3. The standard InChI is InChI=1S/C22H27ClO6S/c1-2-27-21(26)14-10-22(28-16(11-24)17(12-25)29-22)9-8-18(14)30-19-7-6-13-4-3-5-15(23)20(13)19/h3-5,10,16-19,24-25H,2,6-9,11-12H2,1H3/t16-,17-,18?,19?/m1/s1. The molecular weight excluding hydrogens is 428 g/mol. The molecule has 4 atom stereocenters. The molecule has 164 valence electrons. The molecule has 30 heavy (non-hydrogen) atoms. The van der Waals surface area contributed by atoms with Crippen molar-refractivity contribution in [2.75, 3.05) is 19.8 Å². The van der Waals surface area contributed by atoms with Crippen LogP contribution in [0.25, 0.3) is 0 Å². The molecule has 1 aromatic rings. The van der Waals surface area contributed by atoms with Crippen LogP contribution in [-0.2, 0) is 25.4 Å². The van der Waals surface area contributed by atoms with E-state index in [0.717, 1.165) is 17.9 Å². The molecule has 2 unspecified atom stereocenters. The Morgan fingerprint density at radius 2 is 1.97 bits per heavy atom. The predicted octanol–water partition coefficient (Wildman–Crippen LogP) is 3.18. The van der Waals surface area contributed by atoms with Crippen LogP contribution in [0.2, 0.25) is 5.02 Å². The molecule has 8 heteroatoms. The maximum Gasteiger partial charge on any atom is 0.335 e. The molecule has 1 aliphatic heterocycles. The first-order valence-electron chi connectivity index (χ1n) is 10.4. The maximum atomic E-state index is 12.8. The summed E-state index contributed by atoms with van der Waals surface area (Å²) in [5, 5.41) is 20.0. The van der Waals surface area contributed by atoms with Crippen LogP contribution in [0.4, 0.5) is 0 Å². The third-order valence-corrected chi connectivity index (χ3v) is 7.88. The van der Waals surface area contributed by atoms with Crippen LogP contribution in [0.1, 0.15) is 42.6 Å². The minimum Gasteiger partial charge on any atom is -0.463 e. The van der Waals surface area contributed by atoms with Gasteiger partial charge in [0.2, 0.25) is 0 Å². The average Bonchev–Trinajstić information content (AvgIpc) is 3.31. The topological polar surface area (TPSA) is 85.2 Å². The molecule has 1 saturated heterocycles. The SMILES string of the molecule is CCOC(=O)C1=CC2(CCC1SC1CCc3cccc(Cl)c31)O[C@H](CO)[C@@H](CO)O2. The number of hydrogen-bond donors (Lipinski definition) is 2. The quantitative estimate of drug-likeness (QED) is 0.638. The van der Waals surface area contributed by atoms with E-state index < -0.39 is 18.0 Å². The van der Waals surface area contributed by atoms with Crippen LogP contribution < -0.4 is 0 Å². The van der Waals surface area contributed by atoms with Crippen molar-refractivity contribution in [3.63, 3.8) is 0 Å². The van der Waals surface area contributed by atoms with E-state index in [1.54, 1.807) is 24.8 Å². The largest absolute Gasteiger partial charge is 0.463 e. The molecular formula is C22H27ClO6S. The lowest BCUT2D eigenvalue weighted by Gasteiger charge is -2.34. The fourth-order valence-electron chi connectivity index (χ4n) is 4.55. The first-order valence-corrected chi connectivity index (χ1v) is 11.7. The van der Waals surface area contributed by atoms with Crippen molar-refractivity contribution in [1.82, 2.24) is 0 Å². The highest BCUT2D eigenvalue weighted by atomic mass is 35.5. The van der Waals surface area contributed by atoms with Crippen molar-refractivity contribution in [3.05, 3.63) is 46.0 Å². The number of halogens is 1. The van der Waals surface area contributed by atoms with Crippen LogP contribution >= 0.6 is 23.4 Å². The Morgan fingerprint density at radius 1 is 1.23 bits per heavy atom. The van der Waals surface area contributed by atoms with Gasteiger partial charge in [-0.05, 0) is 49.5 Å². The number of esters is 1. The molecule has 1 spiro atoms. The number of carbonyl (C=O) groups excluding carboxylic acids is 1. The average molecular weight is 455 g/mol. The summed E-state index contributed by atoms with van der Waals surface area (Å²) in [5.74, 6) is -1.50. The van der Waals surface area contributed by atoms with E-state index in [4.69, 9.17) is 25.8 Å². The Labute approximate surface area is 185 Å². The van der Waals surface area contributed by atoms with Crippen molar-refractivity contribution >= 4 is 29.3 Å². The highest BCUT2D eigenvalue weighted by Crippen LogP contribution is 2.51. The Kier molecular flexibility index (Phi) is 6.77. The molecule has 0 bridgehead atoms. The Bertz CT molecular complexity index is 816. The Hall–Kier alpha value is -1.09. The van der Waals surface area contributed by atoms with Gasteiger partial charge in [0.25, 0.3) is 0 Å². The maximum absolute atomic E-state index is 12.8. The zero-order valence-electron chi connectivity index (χ0n) is 16.9. The molecule has 2 N–H and O–H groups in total. The number of carbonyl (C=O) groups is 1. The van der Waals surface area contributed by atoms with E-state index in [1.165, 1.54) is 11.1 Å². The molecule has 0 aromatic heterocycles. The van der Waals surface area contributed by atoms with Crippen LogP contribution in [0.15, 0.2) is 29.8 Å². The molecule has 0 saturated carbocycles.